The summed E-state index contributed by atoms with van der Waals surface area (Å²) in [4.78, 5) is 11.6. The van der Waals surface area contributed by atoms with Crippen molar-refractivity contribution in [1.82, 2.24) is 9.97 Å². The third-order valence-corrected chi connectivity index (χ3v) is 5.00. The first kappa shape index (κ1) is 18.3. The molecule has 0 atom stereocenters. The summed E-state index contributed by atoms with van der Waals surface area (Å²) >= 11 is 0. The zero-order valence-corrected chi connectivity index (χ0v) is 16.6. The largest absolute Gasteiger partial charge is 0.372 e. The van der Waals surface area contributed by atoms with Crippen LogP contribution in [-0.4, -0.2) is 23.1 Å². The average Bonchev–Trinajstić information content (AvgIpc) is 3.21. The first-order chi connectivity index (χ1) is 13.7. The Bertz CT molecular complexity index is 930. The minimum Gasteiger partial charge on any atom is -0.372 e. The molecule has 0 radical (unpaired) electrons. The second-order valence-electron chi connectivity index (χ2n) is 7.43. The SMILES string of the molecule is Cc1cccc(CNc2nc(C)cc(Nc3ccc(N4CCCC4)cc3)n2)c1. The van der Waals surface area contributed by atoms with Crippen LogP contribution in [0.3, 0.4) is 0 Å². The highest BCUT2D eigenvalue weighted by Gasteiger charge is 2.12. The summed E-state index contributed by atoms with van der Waals surface area (Å²) in [5, 5.41) is 6.73. The van der Waals surface area contributed by atoms with Crippen molar-refractivity contribution in [2.45, 2.75) is 33.2 Å². The Morgan fingerprint density at radius 1 is 0.929 bits per heavy atom. The van der Waals surface area contributed by atoms with E-state index in [1.165, 1.54) is 29.7 Å². The number of anilines is 4. The molecule has 144 valence electrons. The Labute approximate surface area is 166 Å². The molecule has 5 nitrogen and oxygen atoms in total. The zero-order chi connectivity index (χ0) is 19.3. The number of nitrogens with one attached hydrogen (secondary N) is 2. The van der Waals surface area contributed by atoms with Crippen molar-refractivity contribution in [3.63, 3.8) is 0 Å². The average molecular weight is 374 g/mol. The molecular weight excluding hydrogens is 346 g/mol. The summed E-state index contributed by atoms with van der Waals surface area (Å²) in [6, 6.07) is 19.0. The molecule has 4 rings (SSSR count). The van der Waals surface area contributed by atoms with Crippen molar-refractivity contribution in [2.75, 3.05) is 28.6 Å². The first-order valence-corrected chi connectivity index (χ1v) is 9.93. The Morgan fingerprint density at radius 2 is 1.71 bits per heavy atom. The molecule has 2 N–H and O–H groups in total. The highest BCUT2D eigenvalue weighted by atomic mass is 15.2. The summed E-state index contributed by atoms with van der Waals surface area (Å²) in [5.41, 5.74) is 5.73. The van der Waals surface area contributed by atoms with Crippen LogP contribution in [0.4, 0.5) is 23.1 Å². The fourth-order valence-corrected chi connectivity index (χ4v) is 3.59. The highest BCUT2D eigenvalue weighted by molar-refractivity contribution is 5.61. The van der Waals surface area contributed by atoms with Gasteiger partial charge in [-0.1, -0.05) is 29.8 Å². The van der Waals surface area contributed by atoms with Crippen molar-refractivity contribution in [3.05, 3.63) is 71.4 Å². The molecule has 2 heterocycles. The fraction of sp³-hybridized carbons (Fsp3) is 0.304. The molecule has 0 bridgehead atoms. The van der Waals surface area contributed by atoms with Crippen LogP contribution >= 0.6 is 0 Å². The van der Waals surface area contributed by atoms with Gasteiger partial charge in [0.1, 0.15) is 5.82 Å². The van der Waals surface area contributed by atoms with Crippen LogP contribution in [0, 0.1) is 13.8 Å². The first-order valence-electron chi connectivity index (χ1n) is 9.93. The summed E-state index contributed by atoms with van der Waals surface area (Å²) in [6.07, 6.45) is 2.58. The normalized spacial score (nSPS) is 13.6. The Kier molecular flexibility index (Phi) is 5.42. The van der Waals surface area contributed by atoms with Crippen LogP contribution in [0.1, 0.15) is 29.7 Å². The number of hydrogen-bond donors (Lipinski definition) is 2. The van der Waals surface area contributed by atoms with Gasteiger partial charge in [0.2, 0.25) is 5.95 Å². The maximum atomic E-state index is 4.62. The van der Waals surface area contributed by atoms with E-state index in [2.05, 4.69) is 81.0 Å². The van der Waals surface area contributed by atoms with Crippen LogP contribution in [0.5, 0.6) is 0 Å². The van der Waals surface area contributed by atoms with Gasteiger partial charge in [0.15, 0.2) is 0 Å². The van der Waals surface area contributed by atoms with E-state index < -0.39 is 0 Å². The number of aromatic nitrogens is 2. The predicted molar refractivity (Wildman–Crippen MR) is 116 cm³/mol. The Hall–Kier alpha value is -3.08. The summed E-state index contributed by atoms with van der Waals surface area (Å²) in [5.74, 6) is 1.44. The second-order valence-corrected chi connectivity index (χ2v) is 7.43. The molecule has 0 aliphatic carbocycles. The molecule has 0 unspecified atom stereocenters. The van der Waals surface area contributed by atoms with Gasteiger partial charge in [-0.05, 0) is 56.5 Å². The summed E-state index contributed by atoms with van der Waals surface area (Å²) in [7, 11) is 0. The van der Waals surface area contributed by atoms with Crippen LogP contribution in [0.2, 0.25) is 0 Å². The quantitative estimate of drug-likeness (QED) is 0.633. The van der Waals surface area contributed by atoms with Gasteiger partial charge in [-0.3, -0.25) is 0 Å². The van der Waals surface area contributed by atoms with Crippen molar-refractivity contribution in [2.24, 2.45) is 0 Å². The summed E-state index contributed by atoms with van der Waals surface area (Å²) < 4.78 is 0. The van der Waals surface area contributed by atoms with E-state index in [1.807, 2.05) is 13.0 Å². The summed E-state index contributed by atoms with van der Waals surface area (Å²) in [6.45, 7) is 7.11. The van der Waals surface area contributed by atoms with E-state index in [0.29, 0.717) is 12.5 Å². The molecular formula is C23H27N5. The second kappa shape index (κ2) is 8.30. The van der Waals surface area contributed by atoms with Gasteiger partial charge in [0, 0.05) is 42.8 Å². The molecule has 1 aromatic heterocycles. The van der Waals surface area contributed by atoms with E-state index in [4.69, 9.17) is 0 Å². The molecule has 5 heteroatoms. The van der Waals surface area contributed by atoms with E-state index in [0.717, 1.165) is 30.3 Å². The van der Waals surface area contributed by atoms with Crippen molar-refractivity contribution in [3.8, 4) is 0 Å². The van der Waals surface area contributed by atoms with Gasteiger partial charge >= 0.3 is 0 Å². The van der Waals surface area contributed by atoms with Crippen molar-refractivity contribution >= 4 is 23.1 Å². The van der Waals surface area contributed by atoms with Gasteiger partial charge < -0.3 is 15.5 Å². The van der Waals surface area contributed by atoms with Crippen LogP contribution in [0.25, 0.3) is 0 Å². The molecule has 0 amide bonds. The lowest BCUT2D eigenvalue weighted by molar-refractivity contribution is 0.949. The van der Waals surface area contributed by atoms with Crippen LogP contribution < -0.4 is 15.5 Å². The standard InChI is InChI=1S/C23H27N5/c1-17-6-5-7-19(14-17)16-24-23-25-18(2)15-22(27-23)26-20-8-10-21(11-9-20)28-12-3-4-13-28/h5-11,14-15H,3-4,12-13,16H2,1-2H3,(H2,24,25,26,27). The van der Waals surface area contributed by atoms with Gasteiger partial charge in [-0.25, -0.2) is 4.98 Å². The van der Waals surface area contributed by atoms with Crippen molar-refractivity contribution < 1.29 is 0 Å². The smallest absolute Gasteiger partial charge is 0.225 e. The minimum absolute atomic E-state index is 0.637. The predicted octanol–water partition coefficient (Wildman–Crippen LogP) is 5.05. The van der Waals surface area contributed by atoms with Gasteiger partial charge in [-0.15, -0.1) is 0 Å². The Balaban J connectivity index is 1.43. The maximum absolute atomic E-state index is 4.62. The number of hydrogen-bond acceptors (Lipinski definition) is 5. The molecule has 28 heavy (non-hydrogen) atoms. The molecule has 1 aliphatic heterocycles. The minimum atomic E-state index is 0.637. The van der Waals surface area contributed by atoms with E-state index in [1.54, 1.807) is 0 Å². The number of benzene rings is 2. The van der Waals surface area contributed by atoms with Crippen molar-refractivity contribution in [1.29, 1.82) is 0 Å². The molecule has 0 saturated carbocycles. The maximum Gasteiger partial charge on any atom is 0.225 e. The van der Waals surface area contributed by atoms with Gasteiger partial charge in [0.25, 0.3) is 0 Å². The van der Waals surface area contributed by atoms with Crippen LogP contribution in [0.15, 0.2) is 54.6 Å². The van der Waals surface area contributed by atoms with Gasteiger partial charge in [-0.2, -0.15) is 4.98 Å². The monoisotopic (exact) mass is 373 g/mol. The molecule has 1 aliphatic rings. The lowest BCUT2D eigenvalue weighted by atomic mass is 10.1. The van der Waals surface area contributed by atoms with E-state index in [9.17, 15) is 0 Å². The lowest BCUT2D eigenvalue weighted by Crippen LogP contribution is -2.17. The third kappa shape index (κ3) is 4.60. The van der Waals surface area contributed by atoms with Crippen LogP contribution in [-0.2, 0) is 6.54 Å². The van der Waals surface area contributed by atoms with Gasteiger partial charge in [0.05, 0.1) is 0 Å². The number of aryl methyl sites for hydroxylation is 2. The number of rotatable bonds is 6. The highest BCUT2D eigenvalue weighted by Crippen LogP contribution is 2.24. The fourth-order valence-electron chi connectivity index (χ4n) is 3.59. The zero-order valence-electron chi connectivity index (χ0n) is 16.6. The molecule has 1 fully saturated rings. The van der Waals surface area contributed by atoms with E-state index >= 15 is 0 Å². The molecule has 0 spiro atoms. The molecule has 2 aromatic carbocycles. The third-order valence-electron chi connectivity index (χ3n) is 5.00. The molecule has 1 saturated heterocycles. The Morgan fingerprint density at radius 3 is 2.46 bits per heavy atom. The lowest BCUT2D eigenvalue weighted by Gasteiger charge is -2.18. The topological polar surface area (TPSA) is 53.1 Å². The molecule has 3 aromatic rings. The number of nitrogens with zero attached hydrogens (tertiary/aromatic N) is 3. The van der Waals surface area contributed by atoms with E-state index in [-0.39, 0.29) is 0 Å².